The molecular formula is C16H20BrN3. The molecule has 2 aromatic rings. The van der Waals surface area contributed by atoms with Gasteiger partial charge in [0.15, 0.2) is 0 Å². The number of nitrogens with zero attached hydrogens (tertiary/aromatic N) is 2. The maximum Gasteiger partial charge on any atom is 0.0702 e. The first kappa shape index (κ1) is 13.8. The molecule has 2 atom stereocenters. The summed E-state index contributed by atoms with van der Waals surface area (Å²) in [7, 11) is 0. The van der Waals surface area contributed by atoms with Gasteiger partial charge in [0, 0.05) is 12.0 Å². The Hall–Kier alpha value is -1.13. The summed E-state index contributed by atoms with van der Waals surface area (Å²) in [5, 5.41) is 4.45. The van der Waals surface area contributed by atoms with Crippen LogP contribution in [0.5, 0.6) is 0 Å². The van der Waals surface area contributed by atoms with Gasteiger partial charge in [-0.15, -0.1) is 0 Å². The van der Waals surface area contributed by atoms with E-state index in [9.17, 15) is 0 Å². The van der Waals surface area contributed by atoms with Crippen molar-refractivity contribution in [2.45, 2.75) is 44.7 Å². The highest BCUT2D eigenvalue weighted by Crippen LogP contribution is 2.42. The van der Waals surface area contributed by atoms with Gasteiger partial charge >= 0.3 is 0 Å². The minimum atomic E-state index is -0.0158. The molecule has 0 saturated carbocycles. The number of aromatic nitrogens is 2. The molecule has 1 aliphatic rings. The van der Waals surface area contributed by atoms with Gasteiger partial charge in [-0.25, -0.2) is 0 Å². The van der Waals surface area contributed by atoms with Crippen molar-refractivity contribution in [3.8, 4) is 0 Å². The number of fused-ring (bicyclic) bond motifs is 1. The minimum absolute atomic E-state index is 0.0158. The summed E-state index contributed by atoms with van der Waals surface area (Å²) < 4.78 is 3.05. The summed E-state index contributed by atoms with van der Waals surface area (Å²) in [5.41, 5.74) is 10.6. The van der Waals surface area contributed by atoms with Crippen LogP contribution in [0.4, 0.5) is 0 Å². The van der Waals surface area contributed by atoms with Crippen molar-refractivity contribution in [1.29, 1.82) is 0 Å². The maximum atomic E-state index is 6.61. The van der Waals surface area contributed by atoms with Crippen molar-refractivity contribution in [3.63, 3.8) is 0 Å². The Bertz CT molecular complexity index is 618. The topological polar surface area (TPSA) is 43.8 Å². The average Bonchev–Trinajstić information content (AvgIpc) is 3.01. The molecular weight excluding hydrogens is 314 g/mol. The normalized spacial score (nSPS) is 19.4. The van der Waals surface area contributed by atoms with Crippen molar-refractivity contribution in [2.75, 3.05) is 0 Å². The summed E-state index contributed by atoms with van der Waals surface area (Å²) in [4.78, 5) is 0. The fraction of sp³-hybridized carbons (Fsp3) is 0.438. The third-order valence-corrected chi connectivity index (χ3v) is 4.82. The average molecular weight is 334 g/mol. The van der Waals surface area contributed by atoms with Crippen LogP contribution in [0, 0.1) is 0 Å². The smallest absolute Gasteiger partial charge is 0.0702 e. The van der Waals surface area contributed by atoms with Gasteiger partial charge in [0.25, 0.3) is 0 Å². The van der Waals surface area contributed by atoms with Crippen molar-refractivity contribution >= 4 is 15.9 Å². The molecule has 3 nitrogen and oxygen atoms in total. The summed E-state index contributed by atoms with van der Waals surface area (Å²) in [6.07, 6.45) is 4.11. The van der Waals surface area contributed by atoms with Crippen molar-refractivity contribution in [2.24, 2.45) is 5.73 Å². The van der Waals surface area contributed by atoms with Crippen LogP contribution in [0.2, 0.25) is 0 Å². The Morgan fingerprint density at radius 3 is 2.85 bits per heavy atom. The van der Waals surface area contributed by atoms with Gasteiger partial charge < -0.3 is 5.73 Å². The van der Waals surface area contributed by atoms with Gasteiger partial charge in [-0.3, -0.25) is 4.68 Å². The molecule has 1 heterocycles. The van der Waals surface area contributed by atoms with Crippen LogP contribution in [0.15, 0.2) is 34.9 Å². The molecule has 0 spiro atoms. The predicted molar refractivity (Wildman–Crippen MR) is 84.7 cm³/mol. The number of halogens is 1. The maximum absolute atomic E-state index is 6.61. The van der Waals surface area contributed by atoms with E-state index in [-0.39, 0.29) is 6.04 Å². The van der Waals surface area contributed by atoms with Crippen LogP contribution in [-0.2, 0) is 6.42 Å². The van der Waals surface area contributed by atoms with E-state index in [4.69, 9.17) is 5.73 Å². The lowest BCUT2D eigenvalue weighted by Gasteiger charge is -2.23. The SMILES string of the molecule is CC(C)n1ncc(Br)c1C(N)C1CCc2ccccc21. The van der Waals surface area contributed by atoms with Gasteiger partial charge in [-0.2, -0.15) is 5.10 Å². The first-order valence-corrected chi connectivity index (χ1v) is 7.95. The van der Waals surface area contributed by atoms with Crippen LogP contribution in [0.1, 0.15) is 55.1 Å². The molecule has 0 bridgehead atoms. The molecule has 0 amide bonds. The Morgan fingerprint density at radius 1 is 1.35 bits per heavy atom. The fourth-order valence-corrected chi connectivity index (χ4v) is 3.77. The second kappa shape index (κ2) is 5.34. The van der Waals surface area contributed by atoms with Crippen molar-refractivity contribution in [1.82, 2.24) is 9.78 Å². The molecule has 2 unspecified atom stereocenters. The molecule has 2 N–H and O–H groups in total. The first-order chi connectivity index (χ1) is 9.59. The van der Waals surface area contributed by atoms with Crippen LogP contribution in [0.3, 0.4) is 0 Å². The molecule has 3 rings (SSSR count). The van der Waals surface area contributed by atoms with E-state index < -0.39 is 0 Å². The van der Waals surface area contributed by atoms with E-state index in [0.717, 1.165) is 23.0 Å². The third kappa shape index (κ3) is 2.21. The highest BCUT2D eigenvalue weighted by Gasteiger charge is 2.31. The first-order valence-electron chi connectivity index (χ1n) is 7.16. The number of rotatable bonds is 3. The van der Waals surface area contributed by atoms with Crippen molar-refractivity contribution in [3.05, 3.63) is 51.8 Å². The van der Waals surface area contributed by atoms with Crippen LogP contribution < -0.4 is 5.73 Å². The molecule has 1 aromatic heterocycles. The number of aryl methyl sites for hydroxylation is 1. The van der Waals surface area contributed by atoms with Gasteiger partial charge in [0.2, 0.25) is 0 Å². The van der Waals surface area contributed by atoms with Gasteiger partial charge in [-0.1, -0.05) is 24.3 Å². The zero-order chi connectivity index (χ0) is 14.3. The molecule has 20 heavy (non-hydrogen) atoms. The highest BCUT2D eigenvalue weighted by atomic mass is 79.9. The molecule has 0 aliphatic heterocycles. The van der Waals surface area contributed by atoms with E-state index >= 15 is 0 Å². The van der Waals surface area contributed by atoms with Crippen molar-refractivity contribution < 1.29 is 0 Å². The van der Waals surface area contributed by atoms with E-state index in [1.54, 1.807) is 0 Å². The summed E-state index contributed by atoms with van der Waals surface area (Å²) >= 11 is 3.61. The van der Waals surface area contributed by atoms with E-state index in [1.165, 1.54) is 11.1 Å². The fourth-order valence-electron chi connectivity index (χ4n) is 3.23. The Morgan fingerprint density at radius 2 is 2.10 bits per heavy atom. The number of nitrogens with two attached hydrogens (primary N) is 1. The lowest BCUT2D eigenvalue weighted by atomic mass is 9.91. The summed E-state index contributed by atoms with van der Waals surface area (Å²) in [5.74, 6) is 0.386. The number of hydrogen-bond acceptors (Lipinski definition) is 2. The highest BCUT2D eigenvalue weighted by molar-refractivity contribution is 9.10. The second-order valence-electron chi connectivity index (χ2n) is 5.79. The molecule has 1 aromatic carbocycles. The summed E-state index contributed by atoms with van der Waals surface area (Å²) in [6.45, 7) is 4.27. The quantitative estimate of drug-likeness (QED) is 0.923. The predicted octanol–water partition coefficient (Wildman–Crippen LogP) is 3.96. The zero-order valence-corrected chi connectivity index (χ0v) is 13.5. The van der Waals surface area contributed by atoms with Gasteiger partial charge in [-0.05, 0) is 53.7 Å². The largest absolute Gasteiger partial charge is 0.322 e. The molecule has 106 valence electrons. The second-order valence-corrected chi connectivity index (χ2v) is 6.64. The van der Waals surface area contributed by atoms with E-state index in [1.807, 2.05) is 10.9 Å². The number of benzene rings is 1. The minimum Gasteiger partial charge on any atom is -0.322 e. The third-order valence-electron chi connectivity index (χ3n) is 4.20. The van der Waals surface area contributed by atoms with Gasteiger partial charge in [0.1, 0.15) is 0 Å². The Labute approximate surface area is 128 Å². The lowest BCUT2D eigenvalue weighted by Crippen LogP contribution is -2.23. The van der Waals surface area contributed by atoms with Gasteiger partial charge in [0.05, 0.1) is 22.4 Å². The molecule has 4 heteroatoms. The van der Waals surface area contributed by atoms with E-state index in [2.05, 4.69) is 59.1 Å². The number of hydrogen-bond donors (Lipinski definition) is 1. The molecule has 0 fully saturated rings. The van der Waals surface area contributed by atoms with Crippen LogP contribution >= 0.6 is 15.9 Å². The van der Waals surface area contributed by atoms with E-state index in [0.29, 0.717) is 12.0 Å². The van der Waals surface area contributed by atoms with Crippen LogP contribution in [-0.4, -0.2) is 9.78 Å². The Kier molecular flexibility index (Phi) is 3.69. The molecule has 0 radical (unpaired) electrons. The zero-order valence-electron chi connectivity index (χ0n) is 11.9. The molecule has 1 aliphatic carbocycles. The summed E-state index contributed by atoms with van der Waals surface area (Å²) in [6, 6.07) is 8.96. The molecule has 0 saturated heterocycles. The Balaban J connectivity index is 1.99. The lowest BCUT2D eigenvalue weighted by molar-refractivity contribution is 0.451. The van der Waals surface area contributed by atoms with Crippen LogP contribution in [0.25, 0.3) is 0 Å². The monoisotopic (exact) mass is 333 g/mol. The standard InChI is InChI=1S/C16H20BrN3/c1-10(2)20-16(14(17)9-19-20)15(18)13-8-7-11-5-3-4-6-12(11)13/h3-6,9-10,13,15H,7-8,18H2,1-2H3.